The normalized spacial score (nSPS) is 10.6. The topological polar surface area (TPSA) is 64.7 Å². The average Bonchev–Trinajstić information content (AvgIpc) is 3.14. The zero-order valence-electron chi connectivity index (χ0n) is 12.1. The van der Waals surface area contributed by atoms with E-state index in [9.17, 15) is 0 Å². The number of hydrogen-bond acceptors (Lipinski definition) is 5. The number of nitrogens with zero attached hydrogens (tertiary/aromatic N) is 4. The highest BCUT2D eigenvalue weighted by Crippen LogP contribution is 2.24. The Balaban J connectivity index is 1.71. The second-order valence-electron chi connectivity index (χ2n) is 4.90. The highest BCUT2D eigenvalue weighted by molar-refractivity contribution is 5.60. The van der Waals surface area contributed by atoms with Crippen molar-refractivity contribution >= 4 is 0 Å². The molecule has 0 amide bonds. The highest BCUT2D eigenvalue weighted by atomic mass is 16.4. The molecule has 0 fully saturated rings. The summed E-state index contributed by atoms with van der Waals surface area (Å²) < 4.78 is 5.74. The predicted octanol–water partition coefficient (Wildman–Crippen LogP) is 3.86. The lowest BCUT2D eigenvalue weighted by Crippen LogP contribution is -1.89. The Labute approximate surface area is 132 Å². The molecule has 3 heterocycles. The summed E-state index contributed by atoms with van der Waals surface area (Å²) in [6.07, 6.45) is 1.74. The van der Waals surface area contributed by atoms with Gasteiger partial charge >= 0.3 is 0 Å². The zero-order valence-corrected chi connectivity index (χ0v) is 12.1. The van der Waals surface area contributed by atoms with Crippen molar-refractivity contribution in [2.24, 2.45) is 0 Å². The van der Waals surface area contributed by atoms with Crippen molar-refractivity contribution in [2.75, 3.05) is 0 Å². The molecule has 0 aliphatic rings. The standard InChI is InChI=1S/C18H12N4O/c1-2-7-13(8-3-1)17-21-22-18(23-17)16-11-6-10-15(20-16)14-9-4-5-12-19-14/h1-12H. The van der Waals surface area contributed by atoms with Crippen LogP contribution in [-0.4, -0.2) is 20.2 Å². The summed E-state index contributed by atoms with van der Waals surface area (Å²) in [6, 6.07) is 21.0. The van der Waals surface area contributed by atoms with Crippen molar-refractivity contribution in [3.05, 3.63) is 72.9 Å². The van der Waals surface area contributed by atoms with E-state index in [1.54, 1.807) is 6.20 Å². The van der Waals surface area contributed by atoms with Crippen molar-refractivity contribution in [3.8, 4) is 34.4 Å². The molecule has 110 valence electrons. The quantitative estimate of drug-likeness (QED) is 0.575. The Bertz CT molecular complexity index is 920. The molecular weight excluding hydrogens is 288 g/mol. The first-order chi connectivity index (χ1) is 11.4. The molecule has 5 nitrogen and oxygen atoms in total. The zero-order chi connectivity index (χ0) is 15.5. The van der Waals surface area contributed by atoms with Gasteiger partial charge in [0.15, 0.2) is 0 Å². The van der Waals surface area contributed by atoms with Crippen LogP contribution in [0.5, 0.6) is 0 Å². The Kier molecular flexibility index (Phi) is 3.37. The number of hydrogen-bond donors (Lipinski definition) is 0. The van der Waals surface area contributed by atoms with Crippen LogP contribution in [-0.2, 0) is 0 Å². The smallest absolute Gasteiger partial charge is 0.266 e. The predicted molar refractivity (Wildman–Crippen MR) is 86.2 cm³/mol. The highest BCUT2D eigenvalue weighted by Gasteiger charge is 2.12. The molecule has 0 saturated heterocycles. The van der Waals surface area contributed by atoms with Gasteiger partial charge in [-0.3, -0.25) is 4.98 Å². The van der Waals surface area contributed by atoms with Crippen LogP contribution in [0.4, 0.5) is 0 Å². The van der Waals surface area contributed by atoms with Crippen LogP contribution in [0, 0.1) is 0 Å². The third-order valence-corrected chi connectivity index (χ3v) is 3.34. The summed E-state index contributed by atoms with van der Waals surface area (Å²) in [5, 5.41) is 8.19. The van der Waals surface area contributed by atoms with E-state index in [1.807, 2.05) is 66.7 Å². The summed E-state index contributed by atoms with van der Waals surface area (Å²) in [7, 11) is 0. The maximum Gasteiger partial charge on any atom is 0.266 e. The van der Waals surface area contributed by atoms with E-state index in [-0.39, 0.29) is 0 Å². The van der Waals surface area contributed by atoms with Gasteiger partial charge in [0.25, 0.3) is 5.89 Å². The Morgan fingerprint density at radius 2 is 1.35 bits per heavy atom. The van der Waals surface area contributed by atoms with Gasteiger partial charge in [0, 0.05) is 11.8 Å². The molecule has 0 atom stereocenters. The van der Waals surface area contributed by atoms with E-state index in [1.165, 1.54) is 0 Å². The molecule has 1 aromatic carbocycles. The lowest BCUT2D eigenvalue weighted by Gasteiger charge is -2.00. The number of rotatable bonds is 3. The van der Waals surface area contributed by atoms with E-state index in [4.69, 9.17) is 4.42 Å². The minimum absolute atomic E-state index is 0.390. The van der Waals surface area contributed by atoms with Gasteiger partial charge in [-0.25, -0.2) is 4.98 Å². The SMILES string of the molecule is c1ccc(-c2nnc(-c3cccc(-c4ccccn4)n3)o2)cc1. The minimum Gasteiger partial charge on any atom is -0.415 e. The summed E-state index contributed by atoms with van der Waals surface area (Å²) in [4.78, 5) is 8.87. The first kappa shape index (κ1) is 13.3. The summed E-state index contributed by atoms with van der Waals surface area (Å²) in [5.41, 5.74) is 3.08. The van der Waals surface area contributed by atoms with E-state index >= 15 is 0 Å². The molecule has 0 saturated carbocycles. The first-order valence-electron chi connectivity index (χ1n) is 7.18. The van der Waals surface area contributed by atoms with E-state index in [0.717, 1.165) is 17.0 Å². The summed E-state index contributed by atoms with van der Waals surface area (Å²) in [6.45, 7) is 0. The fourth-order valence-electron chi connectivity index (χ4n) is 2.23. The maximum absolute atomic E-state index is 5.74. The van der Waals surface area contributed by atoms with Crippen LogP contribution >= 0.6 is 0 Å². The van der Waals surface area contributed by atoms with Crippen molar-refractivity contribution in [2.45, 2.75) is 0 Å². The molecule has 0 radical (unpaired) electrons. The molecule has 3 aromatic heterocycles. The Hall–Kier alpha value is -3.34. The van der Waals surface area contributed by atoms with E-state index < -0.39 is 0 Å². The van der Waals surface area contributed by atoms with Gasteiger partial charge in [0.2, 0.25) is 5.89 Å². The second-order valence-corrected chi connectivity index (χ2v) is 4.90. The molecule has 5 heteroatoms. The van der Waals surface area contributed by atoms with Crippen molar-refractivity contribution in [1.29, 1.82) is 0 Å². The van der Waals surface area contributed by atoms with Gasteiger partial charge in [0.05, 0.1) is 11.4 Å². The van der Waals surface area contributed by atoms with Crippen LogP contribution in [0.1, 0.15) is 0 Å². The molecule has 23 heavy (non-hydrogen) atoms. The van der Waals surface area contributed by atoms with E-state index in [2.05, 4.69) is 20.2 Å². The Morgan fingerprint density at radius 3 is 2.17 bits per heavy atom. The van der Waals surface area contributed by atoms with Gasteiger partial charge in [-0.1, -0.05) is 30.3 Å². The molecule has 0 spiro atoms. The van der Waals surface area contributed by atoms with Crippen molar-refractivity contribution in [3.63, 3.8) is 0 Å². The van der Waals surface area contributed by atoms with E-state index in [0.29, 0.717) is 17.5 Å². The molecule has 0 unspecified atom stereocenters. The van der Waals surface area contributed by atoms with Gasteiger partial charge in [-0.05, 0) is 36.4 Å². The van der Waals surface area contributed by atoms with Crippen LogP contribution in [0.2, 0.25) is 0 Å². The molecule has 4 aromatic rings. The molecular formula is C18H12N4O. The third kappa shape index (κ3) is 2.72. The van der Waals surface area contributed by atoms with Crippen LogP contribution in [0.15, 0.2) is 77.3 Å². The van der Waals surface area contributed by atoms with Gasteiger partial charge in [-0.2, -0.15) is 0 Å². The lowest BCUT2D eigenvalue weighted by atomic mass is 10.2. The number of benzene rings is 1. The van der Waals surface area contributed by atoms with Gasteiger partial charge in [0.1, 0.15) is 5.69 Å². The summed E-state index contributed by atoms with van der Waals surface area (Å²) in [5.74, 6) is 0.868. The van der Waals surface area contributed by atoms with Crippen molar-refractivity contribution < 1.29 is 4.42 Å². The van der Waals surface area contributed by atoms with Gasteiger partial charge in [-0.15, -0.1) is 10.2 Å². The fourth-order valence-corrected chi connectivity index (χ4v) is 2.23. The fraction of sp³-hybridized carbons (Fsp3) is 0. The molecule has 0 bridgehead atoms. The molecule has 0 N–H and O–H groups in total. The number of pyridine rings is 2. The average molecular weight is 300 g/mol. The first-order valence-corrected chi connectivity index (χ1v) is 7.18. The third-order valence-electron chi connectivity index (χ3n) is 3.34. The lowest BCUT2D eigenvalue weighted by molar-refractivity contribution is 0.582. The van der Waals surface area contributed by atoms with Crippen LogP contribution < -0.4 is 0 Å². The van der Waals surface area contributed by atoms with Crippen LogP contribution in [0.25, 0.3) is 34.4 Å². The monoisotopic (exact) mass is 300 g/mol. The summed E-state index contributed by atoms with van der Waals surface area (Å²) >= 11 is 0. The maximum atomic E-state index is 5.74. The largest absolute Gasteiger partial charge is 0.415 e. The molecule has 0 aliphatic carbocycles. The molecule has 0 aliphatic heterocycles. The second kappa shape index (κ2) is 5.81. The number of aromatic nitrogens is 4. The van der Waals surface area contributed by atoms with Crippen molar-refractivity contribution in [1.82, 2.24) is 20.2 Å². The molecule has 4 rings (SSSR count). The van der Waals surface area contributed by atoms with Crippen LogP contribution in [0.3, 0.4) is 0 Å². The minimum atomic E-state index is 0.390. The van der Waals surface area contributed by atoms with Gasteiger partial charge < -0.3 is 4.42 Å². The Morgan fingerprint density at radius 1 is 0.609 bits per heavy atom.